The summed E-state index contributed by atoms with van der Waals surface area (Å²) in [7, 11) is 1.87. The summed E-state index contributed by atoms with van der Waals surface area (Å²) in [6, 6.07) is 17.6. The van der Waals surface area contributed by atoms with Gasteiger partial charge in [-0.25, -0.2) is 0 Å². The number of likely N-dealkylation sites (N-methyl/N-ethyl adjacent to an activating group) is 1. The highest BCUT2D eigenvalue weighted by atomic mass is 32.1. The van der Waals surface area contributed by atoms with Gasteiger partial charge >= 0.3 is 0 Å². The Labute approximate surface area is 209 Å². The van der Waals surface area contributed by atoms with Crippen molar-refractivity contribution in [3.05, 3.63) is 87.6 Å². The highest BCUT2D eigenvalue weighted by Gasteiger charge is 2.39. The summed E-state index contributed by atoms with van der Waals surface area (Å²) in [5, 5.41) is 3.90. The Morgan fingerprint density at radius 2 is 1.86 bits per heavy atom. The number of benzene rings is 2. The van der Waals surface area contributed by atoms with E-state index in [1.165, 1.54) is 10.5 Å². The van der Waals surface area contributed by atoms with E-state index in [1.807, 2.05) is 59.1 Å². The smallest absolute Gasteiger partial charge is 0.263 e. The molecule has 3 aromatic rings. The van der Waals surface area contributed by atoms with E-state index < -0.39 is 0 Å². The third-order valence-corrected chi connectivity index (χ3v) is 7.70. The molecule has 35 heavy (non-hydrogen) atoms. The lowest BCUT2D eigenvalue weighted by Gasteiger charge is -2.36. The number of carbonyl (C=O) groups excluding carboxylic acids is 3. The standard InChI is InChI=1S/C28H29N3O3S/c1-29(15-12-20-7-3-2-4-8-20)26(32)22-9-6-14-30(18-22)24-11-5-10-23-25(24)28(34)31(27(23)33)17-21-13-16-35-19-21/h2-5,7-8,10-11,13,16,19,22H,6,9,12,14-15,17-18H2,1H3. The van der Waals surface area contributed by atoms with Gasteiger partial charge in [0, 0.05) is 26.7 Å². The topological polar surface area (TPSA) is 60.9 Å². The SMILES string of the molecule is CN(CCc1ccccc1)C(=O)C1CCCN(c2cccc3c2C(=O)N(Cc2ccsc2)C3=O)C1. The summed E-state index contributed by atoms with van der Waals surface area (Å²) in [5.74, 6) is -0.488. The van der Waals surface area contributed by atoms with Gasteiger partial charge in [-0.05, 0) is 59.3 Å². The molecule has 180 valence electrons. The second-order valence-corrected chi connectivity index (χ2v) is 10.1. The van der Waals surface area contributed by atoms with Crippen LogP contribution in [0.25, 0.3) is 0 Å². The number of piperidine rings is 1. The zero-order chi connectivity index (χ0) is 24.4. The Bertz CT molecular complexity index is 1230. The Morgan fingerprint density at radius 1 is 1.03 bits per heavy atom. The van der Waals surface area contributed by atoms with Crippen LogP contribution in [0.3, 0.4) is 0 Å². The lowest BCUT2D eigenvalue weighted by Crippen LogP contribution is -2.44. The molecule has 3 amide bonds. The van der Waals surface area contributed by atoms with Crippen LogP contribution in [0.2, 0.25) is 0 Å². The molecule has 2 aliphatic heterocycles. The maximum atomic E-state index is 13.3. The van der Waals surface area contributed by atoms with Crippen molar-refractivity contribution in [2.75, 3.05) is 31.6 Å². The predicted octanol–water partition coefficient (Wildman–Crippen LogP) is 4.46. The van der Waals surface area contributed by atoms with Gasteiger partial charge in [-0.3, -0.25) is 19.3 Å². The minimum Gasteiger partial charge on any atom is -0.370 e. The number of hydrogen-bond acceptors (Lipinski definition) is 5. The van der Waals surface area contributed by atoms with Crippen LogP contribution in [0.15, 0.2) is 65.4 Å². The lowest BCUT2D eigenvalue weighted by atomic mass is 9.94. The van der Waals surface area contributed by atoms with Gasteiger partial charge in [0.25, 0.3) is 11.8 Å². The summed E-state index contributed by atoms with van der Waals surface area (Å²) in [6.07, 6.45) is 2.52. The van der Waals surface area contributed by atoms with E-state index in [0.717, 1.165) is 37.1 Å². The number of thiophene rings is 1. The first-order valence-corrected chi connectivity index (χ1v) is 13.0. The summed E-state index contributed by atoms with van der Waals surface area (Å²) >= 11 is 1.55. The molecule has 0 radical (unpaired) electrons. The number of carbonyl (C=O) groups is 3. The molecule has 0 N–H and O–H groups in total. The van der Waals surface area contributed by atoms with E-state index >= 15 is 0 Å². The number of nitrogens with zero attached hydrogens (tertiary/aromatic N) is 3. The normalized spacial score (nSPS) is 17.6. The molecule has 0 bridgehead atoms. The molecule has 6 nitrogen and oxygen atoms in total. The van der Waals surface area contributed by atoms with E-state index in [9.17, 15) is 14.4 Å². The number of rotatable bonds is 7. The molecule has 5 rings (SSSR count). The number of hydrogen-bond donors (Lipinski definition) is 0. The summed E-state index contributed by atoms with van der Waals surface area (Å²) in [6.45, 7) is 2.27. The number of imide groups is 1. The number of fused-ring (bicyclic) bond motifs is 1. The quantitative estimate of drug-likeness (QED) is 0.462. The van der Waals surface area contributed by atoms with Crippen molar-refractivity contribution in [1.29, 1.82) is 0 Å². The van der Waals surface area contributed by atoms with Gasteiger partial charge in [0.15, 0.2) is 0 Å². The maximum absolute atomic E-state index is 13.3. The Kier molecular flexibility index (Phi) is 6.68. The molecular weight excluding hydrogens is 458 g/mol. The zero-order valence-corrected chi connectivity index (χ0v) is 20.7. The molecular formula is C28H29N3O3S. The van der Waals surface area contributed by atoms with Crippen LogP contribution in [0.5, 0.6) is 0 Å². The molecule has 1 fully saturated rings. The molecule has 1 saturated heterocycles. The Balaban J connectivity index is 1.30. The van der Waals surface area contributed by atoms with Crippen molar-refractivity contribution in [3.63, 3.8) is 0 Å². The van der Waals surface area contributed by atoms with Gasteiger partial charge in [0.1, 0.15) is 0 Å². The summed E-state index contributed by atoms with van der Waals surface area (Å²) in [5.41, 5.74) is 3.85. The summed E-state index contributed by atoms with van der Waals surface area (Å²) in [4.78, 5) is 44.9. The average Bonchev–Trinajstić information content (AvgIpc) is 3.50. The molecule has 1 atom stereocenters. The molecule has 1 aromatic heterocycles. The second-order valence-electron chi connectivity index (χ2n) is 9.31. The molecule has 0 aliphatic carbocycles. The monoisotopic (exact) mass is 487 g/mol. The van der Waals surface area contributed by atoms with Crippen LogP contribution in [0, 0.1) is 5.92 Å². The fourth-order valence-electron chi connectivity index (χ4n) is 5.05. The third kappa shape index (κ3) is 4.73. The first kappa shape index (κ1) is 23.3. The van der Waals surface area contributed by atoms with Crippen LogP contribution >= 0.6 is 11.3 Å². The van der Waals surface area contributed by atoms with E-state index in [-0.39, 0.29) is 30.2 Å². The highest BCUT2D eigenvalue weighted by Crippen LogP contribution is 2.35. The summed E-state index contributed by atoms with van der Waals surface area (Å²) < 4.78 is 0. The van der Waals surface area contributed by atoms with E-state index in [2.05, 4.69) is 17.0 Å². The Hall–Kier alpha value is -3.45. The van der Waals surface area contributed by atoms with E-state index in [4.69, 9.17) is 0 Å². The van der Waals surface area contributed by atoms with Crippen molar-refractivity contribution < 1.29 is 14.4 Å². The van der Waals surface area contributed by atoms with Crippen molar-refractivity contribution in [3.8, 4) is 0 Å². The van der Waals surface area contributed by atoms with Gasteiger partial charge in [-0.2, -0.15) is 11.3 Å². The van der Waals surface area contributed by atoms with Crippen molar-refractivity contribution >= 4 is 34.7 Å². The second kappa shape index (κ2) is 10.0. The third-order valence-electron chi connectivity index (χ3n) is 6.96. The van der Waals surface area contributed by atoms with Gasteiger partial charge in [-0.1, -0.05) is 36.4 Å². The van der Waals surface area contributed by atoms with Crippen LogP contribution in [-0.4, -0.2) is 54.2 Å². The van der Waals surface area contributed by atoms with Gasteiger partial charge < -0.3 is 9.80 Å². The van der Waals surface area contributed by atoms with Crippen molar-refractivity contribution in [2.45, 2.75) is 25.8 Å². The molecule has 2 aromatic carbocycles. The maximum Gasteiger partial charge on any atom is 0.263 e. The molecule has 0 saturated carbocycles. The minimum atomic E-state index is -0.250. The van der Waals surface area contributed by atoms with Crippen molar-refractivity contribution in [1.82, 2.24) is 9.80 Å². The first-order valence-electron chi connectivity index (χ1n) is 12.1. The highest BCUT2D eigenvalue weighted by molar-refractivity contribution is 7.07. The number of anilines is 1. The van der Waals surface area contributed by atoms with Gasteiger partial charge in [-0.15, -0.1) is 0 Å². The minimum absolute atomic E-state index is 0.130. The zero-order valence-electron chi connectivity index (χ0n) is 19.9. The van der Waals surface area contributed by atoms with Crippen LogP contribution in [0.1, 0.15) is 44.7 Å². The molecule has 0 spiro atoms. The average molecular weight is 488 g/mol. The van der Waals surface area contributed by atoms with Crippen LogP contribution in [0.4, 0.5) is 5.69 Å². The molecule has 3 heterocycles. The molecule has 7 heteroatoms. The van der Waals surface area contributed by atoms with E-state index in [1.54, 1.807) is 17.4 Å². The number of amides is 3. The first-order chi connectivity index (χ1) is 17.0. The van der Waals surface area contributed by atoms with Crippen LogP contribution in [-0.2, 0) is 17.8 Å². The van der Waals surface area contributed by atoms with Gasteiger partial charge in [0.05, 0.1) is 29.3 Å². The van der Waals surface area contributed by atoms with Crippen molar-refractivity contribution in [2.24, 2.45) is 5.92 Å². The Morgan fingerprint density at radius 3 is 2.63 bits per heavy atom. The fourth-order valence-corrected chi connectivity index (χ4v) is 5.71. The molecule has 1 unspecified atom stereocenters. The van der Waals surface area contributed by atoms with Gasteiger partial charge in [0.2, 0.25) is 5.91 Å². The lowest BCUT2D eigenvalue weighted by molar-refractivity contribution is -0.134. The van der Waals surface area contributed by atoms with Crippen LogP contribution < -0.4 is 4.90 Å². The fraction of sp³-hybridized carbons (Fsp3) is 0.321. The van der Waals surface area contributed by atoms with E-state index in [0.29, 0.717) is 24.2 Å². The predicted molar refractivity (Wildman–Crippen MR) is 138 cm³/mol. The molecule has 2 aliphatic rings. The largest absolute Gasteiger partial charge is 0.370 e.